The third-order valence-electron chi connectivity index (χ3n) is 3.08. The number of anilines is 1. The summed E-state index contributed by atoms with van der Waals surface area (Å²) in [6.07, 6.45) is 3.88. The van der Waals surface area contributed by atoms with E-state index < -0.39 is 11.9 Å². The van der Waals surface area contributed by atoms with Crippen molar-refractivity contribution >= 4 is 29.2 Å². The molecule has 1 aliphatic heterocycles. The Morgan fingerprint density at radius 1 is 1.29 bits per heavy atom. The average molecular weight is 358 g/mol. The molecule has 0 saturated carbocycles. The Labute approximate surface area is 144 Å². The molecule has 0 atom stereocenters. The van der Waals surface area contributed by atoms with Crippen molar-refractivity contribution in [3.8, 4) is 5.75 Å². The lowest BCUT2D eigenvalue weighted by molar-refractivity contribution is -0.134. The second-order valence-corrected chi connectivity index (χ2v) is 5.14. The molecule has 0 aromatic carbocycles. The predicted octanol–water partition coefficient (Wildman–Crippen LogP) is 1.26. The number of nitrogens with zero attached hydrogens (tertiary/aromatic N) is 2. The van der Waals surface area contributed by atoms with E-state index in [-0.39, 0.29) is 0 Å². The highest BCUT2D eigenvalue weighted by atomic mass is 35.5. The summed E-state index contributed by atoms with van der Waals surface area (Å²) < 4.78 is 5.17. The molecule has 0 spiro atoms. The molecule has 24 heavy (non-hydrogen) atoms. The van der Waals surface area contributed by atoms with Gasteiger partial charge in [0, 0.05) is 37.9 Å². The number of ether oxygens (including phenoxy) is 1. The largest absolute Gasteiger partial charge is 0.495 e. The van der Waals surface area contributed by atoms with Gasteiger partial charge in [-0.2, -0.15) is 0 Å². The number of carbonyl (C=O) groups is 2. The summed E-state index contributed by atoms with van der Waals surface area (Å²) in [7, 11) is 1.64. The maximum absolute atomic E-state index is 9.55. The van der Waals surface area contributed by atoms with E-state index in [9.17, 15) is 9.59 Å². The van der Waals surface area contributed by atoms with Gasteiger partial charge in [0.1, 0.15) is 5.75 Å². The second-order valence-electron chi connectivity index (χ2n) is 4.79. The van der Waals surface area contributed by atoms with Crippen molar-refractivity contribution in [2.24, 2.45) is 0 Å². The highest BCUT2D eigenvalue weighted by Gasteiger charge is 2.14. The highest BCUT2D eigenvalue weighted by molar-refractivity contribution is 6.32. The summed E-state index contributed by atoms with van der Waals surface area (Å²) in [4.78, 5) is 25.5. The van der Waals surface area contributed by atoms with Crippen molar-refractivity contribution in [1.29, 1.82) is 0 Å². The SMILES string of the molecule is COc1cnc(Cl)c(N2CCCNCC2)c1.O=C(O)/C=C/C(=O)O. The van der Waals surface area contributed by atoms with Crippen LogP contribution in [0.3, 0.4) is 0 Å². The van der Waals surface area contributed by atoms with Crippen LogP contribution >= 0.6 is 11.6 Å². The van der Waals surface area contributed by atoms with Crippen LogP contribution in [0.4, 0.5) is 5.69 Å². The van der Waals surface area contributed by atoms with Crippen molar-refractivity contribution in [3.63, 3.8) is 0 Å². The van der Waals surface area contributed by atoms with Gasteiger partial charge in [0.15, 0.2) is 5.15 Å². The molecule has 1 aromatic rings. The fourth-order valence-electron chi connectivity index (χ4n) is 1.98. The molecule has 3 N–H and O–H groups in total. The van der Waals surface area contributed by atoms with Crippen LogP contribution in [0.2, 0.25) is 5.15 Å². The Morgan fingerprint density at radius 3 is 2.54 bits per heavy atom. The molecule has 1 fully saturated rings. The number of hydrogen-bond acceptors (Lipinski definition) is 6. The van der Waals surface area contributed by atoms with Crippen LogP contribution in [0.5, 0.6) is 5.75 Å². The summed E-state index contributed by atoms with van der Waals surface area (Å²) >= 11 is 6.11. The van der Waals surface area contributed by atoms with Crippen LogP contribution in [0.25, 0.3) is 0 Å². The highest BCUT2D eigenvalue weighted by Crippen LogP contribution is 2.27. The van der Waals surface area contributed by atoms with Gasteiger partial charge in [-0.05, 0) is 13.0 Å². The molecule has 9 heteroatoms. The van der Waals surface area contributed by atoms with Crippen LogP contribution in [-0.4, -0.2) is 60.4 Å². The first-order chi connectivity index (χ1) is 11.4. The van der Waals surface area contributed by atoms with E-state index in [0.29, 0.717) is 17.3 Å². The predicted molar refractivity (Wildman–Crippen MR) is 89.9 cm³/mol. The summed E-state index contributed by atoms with van der Waals surface area (Å²) in [5.74, 6) is -1.77. The summed E-state index contributed by atoms with van der Waals surface area (Å²) in [5, 5.41) is 19.5. The number of carboxylic acid groups (broad SMARTS) is 2. The number of hydrogen-bond donors (Lipinski definition) is 3. The van der Waals surface area contributed by atoms with E-state index in [1.54, 1.807) is 13.3 Å². The zero-order valence-corrected chi connectivity index (χ0v) is 14.0. The Bertz CT molecular complexity index is 570. The average Bonchev–Trinajstić information content (AvgIpc) is 2.83. The Kier molecular flexibility index (Phi) is 8.59. The minimum Gasteiger partial charge on any atom is -0.495 e. The molecule has 0 radical (unpaired) electrons. The first-order valence-corrected chi connectivity index (χ1v) is 7.61. The van der Waals surface area contributed by atoms with Crippen LogP contribution in [0.15, 0.2) is 24.4 Å². The molecule has 2 rings (SSSR count). The minimum absolute atomic E-state index is 0.544. The molecule has 1 saturated heterocycles. The standard InChI is InChI=1S/C11H16ClN3O.C4H4O4/c1-16-9-7-10(11(12)14-8-9)15-5-2-3-13-4-6-15;5-3(6)1-2-4(7)8/h7-8,13H,2-6H2,1H3;1-2H,(H,5,6)(H,7,8)/b;2-1+. The second kappa shape index (κ2) is 10.5. The maximum Gasteiger partial charge on any atom is 0.328 e. The van der Waals surface area contributed by atoms with Crippen molar-refractivity contribution in [2.45, 2.75) is 6.42 Å². The Hall–Kier alpha value is -2.32. The number of aliphatic carboxylic acids is 2. The molecule has 1 aromatic heterocycles. The quantitative estimate of drug-likeness (QED) is 0.545. The summed E-state index contributed by atoms with van der Waals surface area (Å²) in [6.45, 7) is 4.00. The van der Waals surface area contributed by atoms with Crippen molar-refractivity contribution in [1.82, 2.24) is 10.3 Å². The zero-order valence-electron chi connectivity index (χ0n) is 13.2. The van der Waals surface area contributed by atoms with Crippen LogP contribution in [-0.2, 0) is 9.59 Å². The zero-order chi connectivity index (χ0) is 17.9. The molecule has 1 aliphatic rings. The fraction of sp³-hybridized carbons (Fsp3) is 0.400. The van der Waals surface area contributed by atoms with Gasteiger partial charge in [0.25, 0.3) is 0 Å². The number of carboxylic acids is 2. The number of halogens is 1. The summed E-state index contributed by atoms with van der Waals surface area (Å²) in [6, 6.07) is 1.95. The van der Waals surface area contributed by atoms with Gasteiger partial charge in [-0.3, -0.25) is 0 Å². The third kappa shape index (κ3) is 7.30. The lowest BCUT2D eigenvalue weighted by Gasteiger charge is -2.23. The summed E-state index contributed by atoms with van der Waals surface area (Å²) in [5.41, 5.74) is 0.963. The van der Waals surface area contributed by atoms with Crippen molar-refractivity contribution in [3.05, 3.63) is 29.6 Å². The van der Waals surface area contributed by atoms with Gasteiger partial charge in [0.05, 0.1) is 19.0 Å². The lowest BCUT2D eigenvalue weighted by Crippen LogP contribution is -2.28. The van der Waals surface area contributed by atoms with E-state index >= 15 is 0 Å². The topological polar surface area (TPSA) is 112 Å². The Balaban J connectivity index is 0.000000307. The van der Waals surface area contributed by atoms with Crippen LogP contribution in [0.1, 0.15) is 6.42 Å². The monoisotopic (exact) mass is 357 g/mol. The number of rotatable bonds is 4. The third-order valence-corrected chi connectivity index (χ3v) is 3.37. The van der Waals surface area contributed by atoms with Gasteiger partial charge in [-0.15, -0.1) is 0 Å². The lowest BCUT2D eigenvalue weighted by atomic mass is 10.3. The first-order valence-electron chi connectivity index (χ1n) is 7.23. The van der Waals surface area contributed by atoms with Crippen molar-refractivity contribution < 1.29 is 24.5 Å². The smallest absolute Gasteiger partial charge is 0.328 e. The molecular weight excluding hydrogens is 338 g/mol. The number of aromatic nitrogens is 1. The molecule has 0 unspecified atom stereocenters. The molecule has 8 nitrogen and oxygen atoms in total. The number of nitrogens with one attached hydrogen (secondary N) is 1. The van der Waals surface area contributed by atoms with Gasteiger partial charge in [-0.25, -0.2) is 14.6 Å². The molecule has 0 amide bonds. The molecule has 0 aliphatic carbocycles. The van der Waals surface area contributed by atoms with E-state index in [0.717, 1.165) is 44.0 Å². The minimum atomic E-state index is -1.26. The molecule has 2 heterocycles. The molecule has 132 valence electrons. The van der Waals surface area contributed by atoms with Gasteiger partial charge < -0.3 is 25.2 Å². The normalized spacial score (nSPS) is 14.5. The number of methoxy groups -OCH3 is 1. The van der Waals surface area contributed by atoms with Gasteiger partial charge in [0.2, 0.25) is 0 Å². The van der Waals surface area contributed by atoms with E-state index in [2.05, 4.69) is 15.2 Å². The van der Waals surface area contributed by atoms with Gasteiger partial charge in [-0.1, -0.05) is 11.6 Å². The number of pyridine rings is 1. The van der Waals surface area contributed by atoms with E-state index in [4.69, 9.17) is 26.6 Å². The maximum atomic E-state index is 9.55. The van der Waals surface area contributed by atoms with Gasteiger partial charge >= 0.3 is 11.9 Å². The van der Waals surface area contributed by atoms with Crippen LogP contribution in [0, 0.1) is 0 Å². The first kappa shape index (κ1) is 19.7. The Morgan fingerprint density at radius 2 is 1.96 bits per heavy atom. The van der Waals surface area contributed by atoms with Crippen molar-refractivity contribution in [2.75, 3.05) is 38.2 Å². The molecule has 0 bridgehead atoms. The van der Waals surface area contributed by atoms with Crippen LogP contribution < -0.4 is 15.0 Å². The van der Waals surface area contributed by atoms with E-state index in [1.807, 2.05) is 6.07 Å². The fourth-order valence-corrected chi connectivity index (χ4v) is 2.20. The molecular formula is C15H20ClN3O5. The van der Waals surface area contributed by atoms with E-state index in [1.165, 1.54) is 0 Å².